The minimum Gasteiger partial charge on any atom is -0.334 e. The maximum atomic E-state index is 13.0. The Balaban J connectivity index is 1.40. The molecule has 0 bridgehead atoms. The van der Waals surface area contributed by atoms with Crippen molar-refractivity contribution in [2.75, 3.05) is 11.9 Å². The van der Waals surface area contributed by atoms with E-state index in [0.717, 1.165) is 11.1 Å². The van der Waals surface area contributed by atoms with E-state index >= 15 is 0 Å². The van der Waals surface area contributed by atoms with Gasteiger partial charge in [-0.3, -0.25) is 5.10 Å². The van der Waals surface area contributed by atoms with Crippen LogP contribution < -0.4 is 10.6 Å². The number of fused-ring (bicyclic) bond motifs is 1. The highest BCUT2D eigenvalue weighted by molar-refractivity contribution is 7.89. The lowest BCUT2D eigenvalue weighted by Crippen LogP contribution is -2.35. The van der Waals surface area contributed by atoms with Gasteiger partial charge in [0.05, 0.1) is 11.1 Å². The van der Waals surface area contributed by atoms with Crippen molar-refractivity contribution in [1.82, 2.24) is 19.8 Å². The van der Waals surface area contributed by atoms with Crippen molar-refractivity contribution in [3.05, 3.63) is 77.6 Å². The second kappa shape index (κ2) is 8.06. The van der Waals surface area contributed by atoms with Crippen LogP contribution in [0.1, 0.15) is 16.7 Å². The van der Waals surface area contributed by atoms with Gasteiger partial charge in [-0.1, -0.05) is 24.3 Å². The summed E-state index contributed by atoms with van der Waals surface area (Å²) in [6.07, 6.45) is 4.02. The van der Waals surface area contributed by atoms with Gasteiger partial charge in [-0.15, -0.1) is 0 Å². The monoisotopic (exact) mass is 411 g/mol. The van der Waals surface area contributed by atoms with E-state index in [4.69, 9.17) is 0 Å². The van der Waals surface area contributed by atoms with Crippen LogP contribution in [0.25, 0.3) is 0 Å². The molecule has 1 aliphatic rings. The van der Waals surface area contributed by atoms with E-state index in [1.165, 1.54) is 22.0 Å². The Bertz CT molecular complexity index is 1100. The first-order chi connectivity index (χ1) is 14.0. The van der Waals surface area contributed by atoms with Crippen LogP contribution in [-0.2, 0) is 29.5 Å². The molecule has 9 heteroatoms. The first-order valence-corrected chi connectivity index (χ1v) is 10.7. The lowest BCUT2D eigenvalue weighted by Gasteiger charge is -2.28. The summed E-state index contributed by atoms with van der Waals surface area (Å²) in [6.45, 7) is 1.16. The first kappa shape index (κ1) is 19.2. The highest BCUT2D eigenvalue weighted by Crippen LogP contribution is 2.25. The Morgan fingerprint density at radius 2 is 1.86 bits per heavy atom. The molecule has 8 nitrogen and oxygen atoms in total. The van der Waals surface area contributed by atoms with Gasteiger partial charge < -0.3 is 10.6 Å². The number of sulfonamides is 1. The Hall–Kier alpha value is -3.17. The molecule has 2 aromatic carbocycles. The minimum atomic E-state index is -3.60. The van der Waals surface area contributed by atoms with E-state index in [9.17, 15) is 13.2 Å². The van der Waals surface area contributed by atoms with E-state index in [1.54, 1.807) is 24.5 Å². The highest BCUT2D eigenvalue weighted by Gasteiger charge is 2.28. The number of nitrogens with zero attached hydrogens (tertiary/aromatic N) is 2. The number of urea groups is 1. The first-order valence-electron chi connectivity index (χ1n) is 9.22. The van der Waals surface area contributed by atoms with Crippen molar-refractivity contribution in [2.45, 2.75) is 24.4 Å². The molecule has 3 N–H and O–H groups in total. The Labute approximate surface area is 169 Å². The molecule has 0 atom stereocenters. The Morgan fingerprint density at radius 1 is 1.10 bits per heavy atom. The predicted molar refractivity (Wildman–Crippen MR) is 109 cm³/mol. The molecule has 0 saturated carbocycles. The van der Waals surface area contributed by atoms with Gasteiger partial charge in [0, 0.05) is 37.1 Å². The summed E-state index contributed by atoms with van der Waals surface area (Å²) < 4.78 is 27.5. The van der Waals surface area contributed by atoms with Gasteiger partial charge in [-0.25, -0.2) is 13.2 Å². The quantitative estimate of drug-likeness (QED) is 0.599. The number of H-pyrrole nitrogens is 1. The van der Waals surface area contributed by atoms with Gasteiger partial charge in [0.1, 0.15) is 0 Å². The SMILES string of the molecule is O=C(NCc1cn[nH]c1)Nc1ccc(S(=O)(=O)N2CCc3ccccc3C2)cc1. The molecule has 2 heterocycles. The average Bonchev–Trinajstić information content (AvgIpc) is 3.26. The number of nitrogens with one attached hydrogen (secondary N) is 3. The Morgan fingerprint density at radius 3 is 2.59 bits per heavy atom. The number of anilines is 1. The van der Waals surface area contributed by atoms with Crippen LogP contribution in [0.5, 0.6) is 0 Å². The van der Waals surface area contributed by atoms with E-state index in [1.807, 2.05) is 24.3 Å². The zero-order chi connectivity index (χ0) is 20.3. The summed E-state index contributed by atoms with van der Waals surface area (Å²) in [4.78, 5) is 12.2. The fraction of sp³-hybridized carbons (Fsp3) is 0.200. The van der Waals surface area contributed by atoms with Gasteiger partial charge in [0.25, 0.3) is 0 Å². The van der Waals surface area contributed by atoms with Crippen LogP contribution in [0.15, 0.2) is 65.8 Å². The molecule has 1 aromatic heterocycles. The standard InChI is InChI=1S/C20H21N5O3S/c26-20(21-11-15-12-22-23-13-15)24-18-5-7-19(8-6-18)29(27,28)25-10-9-16-3-1-2-4-17(16)14-25/h1-8,12-13H,9-11,14H2,(H,22,23)(H2,21,24,26). The van der Waals surface area contributed by atoms with Crippen molar-refractivity contribution >= 4 is 21.7 Å². The third-order valence-corrected chi connectivity index (χ3v) is 6.71. The number of hydrogen-bond donors (Lipinski definition) is 3. The number of hydrogen-bond acceptors (Lipinski definition) is 4. The van der Waals surface area contributed by atoms with Crippen molar-refractivity contribution in [3.63, 3.8) is 0 Å². The zero-order valence-electron chi connectivity index (χ0n) is 15.6. The van der Waals surface area contributed by atoms with Crippen LogP contribution in [-0.4, -0.2) is 35.5 Å². The largest absolute Gasteiger partial charge is 0.334 e. The van der Waals surface area contributed by atoms with Crippen molar-refractivity contribution in [3.8, 4) is 0 Å². The third-order valence-electron chi connectivity index (χ3n) is 4.85. The molecule has 0 aliphatic carbocycles. The highest BCUT2D eigenvalue weighted by atomic mass is 32.2. The molecule has 0 radical (unpaired) electrons. The third kappa shape index (κ3) is 4.30. The Kier molecular flexibility index (Phi) is 5.32. The number of aromatic amines is 1. The van der Waals surface area contributed by atoms with E-state index in [0.29, 0.717) is 31.7 Å². The summed E-state index contributed by atoms with van der Waals surface area (Å²) in [5.41, 5.74) is 3.59. The molecule has 4 rings (SSSR count). The normalized spacial score (nSPS) is 14.2. The molecule has 1 aliphatic heterocycles. The van der Waals surface area contributed by atoms with Crippen LogP contribution >= 0.6 is 0 Å². The zero-order valence-corrected chi connectivity index (χ0v) is 16.4. The number of benzene rings is 2. The predicted octanol–water partition coefficient (Wildman–Crippen LogP) is 2.48. The van der Waals surface area contributed by atoms with E-state index in [2.05, 4.69) is 20.8 Å². The number of amides is 2. The maximum Gasteiger partial charge on any atom is 0.319 e. The van der Waals surface area contributed by atoms with Gasteiger partial charge >= 0.3 is 6.03 Å². The van der Waals surface area contributed by atoms with Gasteiger partial charge in [0.2, 0.25) is 10.0 Å². The van der Waals surface area contributed by atoms with Crippen LogP contribution in [0, 0.1) is 0 Å². The molecular formula is C20H21N5O3S. The van der Waals surface area contributed by atoms with Crippen LogP contribution in [0.2, 0.25) is 0 Å². The van der Waals surface area contributed by atoms with E-state index < -0.39 is 10.0 Å². The second-order valence-electron chi connectivity index (χ2n) is 6.80. The van der Waals surface area contributed by atoms with Crippen LogP contribution in [0.4, 0.5) is 10.5 Å². The number of carbonyl (C=O) groups excluding carboxylic acids is 1. The molecule has 150 valence electrons. The van der Waals surface area contributed by atoms with Gasteiger partial charge in [-0.05, 0) is 41.8 Å². The van der Waals surface area contributed by atoms with Gasteiger partial charge in [-0.2, -0.15) is 9.40 Å². The fourth-order valence-electron chi connectivity index (χ4n) is 3.27. The van der Waals surface area contributed by atoms with E-state index in [-0.39, 0.29) is 10.9 Å². The lowest BCUT2D eigenvalue weighted by molar-refractivity contribution is 0.251. The molecule has 29 heavy (non-hydrogen) atoms. The summed E-state index contributed by atoms with van der Waals surface area (Å²) in [7, 11) is -3.60. The van der Waals surface area contributed by atoms with Crippen molar-refractivity contribution in [1.29, 1.82) is 0 Å². The van der Waals surface area contributed by atoms with Crippen molar-refractivity contribution < 1.29 is 13.2 Å². The molecule has 2 amide bonds. The molecule has 0 fully saturated rings. The number of aromatic nitrogens is 2. The van der Waals surface area contributed by atoms with Gasteiger partial charge in [0.15, 0.2) is 0 Å². The lowest BCUT2D eigenvalue weighted by atomic mass is 10.0. The topological polar surface area (TPSA) is 107 Å². The smallest absolute Gasteiger partial charge is 0.319 e. The fourth-order valence-corrected chi connectivity index (χ4v) is 4.69. The number of rotatable bonds is 5. The number of carbonyl (C=O) groups is 1. The minimum absolute atomic E-state index is 0.209. The molecule has 0 spiro atoms. The molecule has 0 unspecified atom stereocenters. The molecule has 3 aromatic rings. The average molecular weight is 411 g/mol. The second-order valence-corrected chi connectivity index (χ2v) is 8.73. The van der Waals surface area contributed by atoms with Crippen molar-refractivity contribution in [2.24, 2.45) is 0 Å². The molecule has 0 saturated heterocycles. The maximum absolute atomic E-state index is 13.0. The summed E-state index contributed by atoms with van der Waals surface area (Å²) in [5, 5.41) is 11.9. The summed E-state index contributed by atoms with van der Waals surface area (Å²) >= 11 is 0. The summed E-state index contributed by atoms with van der Waals surface area (Å²) in [6, 6.07) is 13.7. The molecular weight excluding hydrogens is 390 g/mol. The summed E-state index contributed by atoms with van der Waals surface area (Å²) in [5.74, 6) is 0. The van der Waals surface area contributed by atoms with Crippen LogP contribution in [0.3, 0.4) is 0 Å².